The minimum atomic E-state index is -0.424. The van der Waals surface area contributed by atoms with Crippen LogP contribution in [0.5, 0.6) is 0 Å². The number of benzene rings is 1. The molecule has 2 aromatic rings. The van der Waals surface area contributed by atoms with E-state index in [0.717, 1.165) is 0 Å². The first-order valence-corrected chi connectivity index (χ1v) is 6.68. The van der Waals surface area contributed by atoms with E-state index < -0.39 is 5.91 Å². The molecule has 21 heavy (non-hydrogen) atoms. The smallest absolute Gasteiger partial charge is 0.272 e. The molecule has 0 saturated carbocycles. The number of hydrazone groups is 1. The molecule has 1 heterocycles. The van der Waals surface area contributed by atoms with Crippen molar-refractivity contribution in [3.05, 3.63) is 68.1 Å². The summed E-state index contributed by atoms with van der Waals surface area (Å²) in [6.07, 6.45) is 2.85. The molecule has 0 aliphatic carbocycles. The molecular weight excluding hydrogens is 313 g/mol. The van der Waals surface area contributed by atoms with Gasteiger partial charge in [-0.2, -0.15) is 5.10 Å². The van der Waals surface area contributed by atoms with E-state index >= 15 is 0 Å². The van der Waals surface area contributed by atoms with E-state index in [9.17, 15) is 9.59 Å². The SMILES string of the molecule is Cn1cc(C(=O)N/N=C/c2ccc(Cl)cc2Cl)ccc1=O. The van der Waals surface area contributed by atoms with Crippen molar-refractivity contribution in [1.29, 1.82) is 0 Å². The maximum atomic E-state index is 11.8. The van der Waals surface area contributed by atoms with E-state index in [1.165, 1.54) is 29.1 Å². The average Bonchev–Trinajstić information content (AvgIpc) is 2.44. The van der Waals surface area contributed by atoms with Gasteiger partial charge in [0, 0.05) is 29.9 Å². The van der Waals surface area contributed by atoms with Gasteiger partial charge in [0.25, 0.3) is 5.91 Å². The molecule has 7 heteroatoms. The Morgan fingerprint density at radius 1 is 1.29 bits per heavy atom. The molecule has 0 saturated heterocycles. The van der Waals surface area contributed by atoms with E-state index in [1.807, 2.05) is 0 Å². The van der Waals surface area contributed by atoms with Crippen LogP contribution >= 0.6 is 23.2 Å². The fourth-order valence-corrected chi connectivity index (χ4v) is 2.02. The van der Waals surface area contributed by atoms with Crippen LogP contribution in [0.3, 0.4) is 0 Å². The predicted molar refractivity (Wildman–Crippen MR) is 83.2 cm³/mol. The van der Waals surface area contributed by atoms with Crippen molar-refractivity contribution >= 4 is 35.3 Å². The number of carbonyl (C=O) groups excluding carboxylic acids is 1. The number of aryl methyl sites for hydroxylation is 1. The van der Waals surface area contributed by atoms with E-state index in [2.05, 4.69) is 10.5 Å². The molecule has 0 radical (unpaired) electrons. The Morgan fingerprint density at radius 3 is 2.71 bits per heavy atom. The highest BCUT2D eigenvalue weighted by Gasteiger charge is 2.05. The Balaban J connectivity index is 2.08. The van der Waals surface area contributed by atoms with Gasteiger partial charge >= 0.3 is 0 Å². The minimum Gasteiger partial charge on any atom is -0.318 e. The number of hydrogen-bond acceptors (Lipinski definition) is 3. The van der Waals surface area contributed by atoms with Crippen molar-refractivity contribution in [2.24, 2.45) is 12.1 Å². The highest BCUT2D eigenvalue weighted by atomic mass is 35.5. The third-order valence-electron chi connectivity index (χ3n) is 2.68. The van der Waals surface area contributed by atoms with Gasteiger partial charge in [-0.15, -0.1) is 0 Å². The second kappa shape index (κ2) is 6.56. The standard InChI is InChI=1S/C14H11Cl2N3O2/c1-19-8-10(3-5-13(19)20)14(21)18-17-7-9-2-4-11(15)6-12(9)16/h2-8H,1H3,(H,18,21)/b17-7+. The number of hydrogen-bond donors (Lipinski definition) is 1. The fourth-order valence-electron chi connectivity index (χ4n) is 1.56. The van der Waals surface area contributed by atoms with Crippen molar-refractivity contribution in [2.45, 2.75) is 0 Å². The van der Waals surface area contributed by atoms with Crippen LogP contribution in [-0.4, -0.2) is 16.7 Å². The van der Waals surface area contributed by atoms with Crippen LogP contribution in [0.2, 0.25) is 10.0 Å². The van der Waals surface area contributed by atoms with Gasteiger partial charge in [0.1, 0.15) is 0 Å². The molecule has 0 aliphatic rings. The molecule has 108 valence electrons. The summed E-state index contributed by atoms with van der Waals surface area (Å²) in [4.78, 5) is 23.1. The summed E-state index contributed by atoms with van der Waals surface area (Å²) in [5.41, 5.74) is 3.12. The van der Waals surface area contributed by atoms with Crippen molar-refractivity contribution in [1.82, 2.24) is 9.99 Å². The van der Waals surface area contributed by atoms with Crippen LogP contribution in [0.4, 0.5) is 0 Å². The Morgan fingerprint density at radius 2 is 2.05 bits per heavy atom. The maximum Gasteiger partial charge on any atom is 0.272 e. The van der Waals surface area contributed by atoms with E-state index in [4.69, 9.17) is 23.2 Å². The van der Waals surface area contributed by atoms with Crippen molar-refractivity contribution in [2.75, 3.05) is 0 Å². The topological polar surface area (TPSA) is 63.5 Å². The van der Waals surface area contributed by atoms with Crippen LogP contribution < -0.4 is 11.0 Å². The summed E-state index contributed by atoms with van der Waals surface area (Å²) in [5, 5.41) is 4.77. The number of aromatic nitrogens is 1. The second-order valence-corrected chi connectivity index (χ2v) is 5.08. The molecule has 0 aliphatic heterocycles. The normalized spacial score (nSPS) is 10.8. The number of rotatable bonds is 3. The quantitative estimate of drug-likeness (QED) is 0.696. The maximum absolute atomic E-state index is 11.8. The lowest BCUT2D eigenvalue weighted by Gasteiger charge is -2.02. The number of carbonyl (C=O) groups is 1. The van der Waals surface area contributed by atoms with Crippen LogP contribution in [0, 0.1) is 0 Å². The molecule has 1 aromatic carbocycles. The number of nitrogens with zero attached hydrogens (tertiary/aromatic N) is 2. The van der Waals surface area contributed by atoms with E-state index in [0.29, 0.717) is 21.2 Å². The van der Waals surface area contributed by atoms with Crippen LogP contribution in [0.25, 0.3) is 0 Å². The summed E-state index contributed by atoms with van der Waals surface area (Å²) in [7, 11) is 1.57. The molecular formula is C14H11Cl2N3O2. The third kappa shape index (κ3) is 3.93. The van der Waals surface area contributed by atoms with Gasteiger partial charge in [0.15, 0.2) is 0 Å². The van der Waals surface area contributed by atoms with Crippen LogP contribution in [-0.2, 0) is 7.05 Å². The first-order chi connectivity index (χ1) is 9.97. The third-order valence-corrected chi connectivity index (χ3v) is 3.24. The van der Waals surface area contributed by atoms with Gasteiger partial charge in [0.2, 0.25) is 5.56 Å². The summed E-state index contributed by atoms with van der Waals surface area (Å²) in [5.74, 6) is -0.424. The van der Waals surface area contributed by atoms with Crippen LogP contribution in [0.15, 0.2) is 46.4 Å². The first-order valence-electron chi connectivity index (χ1n) is 5.92. The molecule has 0 atom stereocenters. The fraction of sp³-hybridized carbons (Fsp3) is 0.0714. The molecule has 0 spiro atoms. The largest absolute Gasteiger partial charge is 0.318 e. The molecule has 2 rings (SSSR count). The monoisotopic (exact) mass is 323 g/mol. The average molecular weight is 324 g/mol. The Hall–Kier alpha value is -2.11. The Labute approximate surface area is 130 Å². The van der Waals surface area contributed by atoms with E-state index in [1.54, 1.807) is 25.2 Å². The lowest BCUT2D eigenvalue weighted by atomic mass is 10.2. The summed E-state index contributed by atoms with van der Waals surface area (Å²) in [6.45, 7) is 0. The summed E-state index contributed by atoms with van der Waals surface area (Å²) >= 11 is 11.8. The molecule has 1 amide bonds. The second-order valence-electron chi connectivity index (χ2n) is 4.23. The predicted octanol–water partition coefficient (Wildman–Crippen LogP) is 2.46. The Kier molecular flexibility index (Phi) is 4.77. The zero-order valence-electron chi connectivity index (χ0n) is 11.0. The number of amides is 1. The summed E-state index contributed by atoms with van der Waals surface area (Å²) < 4.78 is 1.31. The first kappa shape index (κ1) is 15.3. The van der Waals surface area contributed by atoms with E-state index in [-0.39, 0.29) is 5.56 Å². The zero-order valence-corrected chi connectivity index (χ0v) is 12.5. The van der Waals surface area contributed by atoms with Gasteiger partial charge in [-0.05, 0) is 18.2 Å². The molecule has 1 N–H and O–H groups in total. The molecule has 0 unspecified atom stereocenters. The van der Waals surface area contributed by atoms with Gasteiger partial charge in [0.05, 0.1) is 16.8 Å². The molecule has 0 fully saturated rings. The molecule has 1 aromatic heterocycles. The number of pyridine rings is 1. The van der Waals surface area contributed by atoms with Crippen molar-refractivity contribution in [3.8, 4) is 0 Å². The van der Waals surface area contributed by atoms with Crippen LogP contribution in [0.1, 0.15) is 15.9 Å². The van der Waals surface area contributed by atoms with Crippen molar-refractivity contribution < 1.29 is 4.79 Å². The number of halogens is 2. The highest BCUT2D eigenvalue weighted by Crippen LogP contribution is 2.19. The van der Waals surface area contributed by atoms with Gasteiger partial charge in [-0.3, -0.25) is 9.59 Å². The minimum absolute atomic E-state index is 0.192. The zero-order chi connectivity index (χ0) is 15.4. The summed E-state index contributed by atoms with van der Waals surface area (Å²) in [6, 6.07) is 7.69. The lowest BCUT2D eigenvalue weighted by molar-refractivity contribution is 0.0954. The lowest BCUT2D eigenvalue weighted by Crippen LogP contribution is -2.22. The van der Waals surface area contributed by atoms with Gasteiger partial charge in [-0.1, -0.05) is 29.3 Å². The molecule has 5 nitrogen and oxygen atoms in total. The molecule has 0 bridgehead atoms. The Bertz CT molecular complexity index is 769. The van der Waals surface area contributed by atoms with Gasteiger partial charge in [-0.25, -0.2) is 5.43 Å². The van der Waals surface area contributed by atoms with Crippen molar-refractivity contribution in [3.63, 3.8) is 0 Å². The highest BCUT2D eigenvalue weighted by molar-refractivity contribution is 6.36. The number of nitrogens with one attached hydrogen (secondary N) is 1. The van der Waals surface area contributed by atoms with Gasteiger partial charge < -0.3 is 4.57 Å².